The number of hydrogen-bond acceptors (Lipinski definition) is 2. The summed E-state index contributed by atoms with van der Waals surface area (Å²) >= 11 is 0. The Morgan fingerprint density at radius 2 is 1.94 bits per heavy atom. The minimum absolute atomic E-state index is 0.0712. The van der Waals surface area contributed by atoms with E-state index in [1.54, 1.807) is 0 Å². The minimum atomic E-state index is 0.0712. The van der Waals surface area contributed by atoms with E-state index >= 15 is 0 Å². The molecule has 0 aliphatic carbocycles. The molecular formula is C14H22N2O. The number of nitrogens with zero attached hydrogens (tertiary/aromatic N) is 1. The van der Waals surface area contributed by atoms with Crippen LogP contribution in [0.25, 0.3) is 0 Å². The zero-order valence-corrected chi connectivity index (χ0v) is 10.9. The molecule has 0 radical (unpaired) electrons. The lowest BCUT2D eigenvalue weighted by Gasteiger charge is -2.19. The van der Waals surface area contributed by atoms with Crippen molar-refractivity contribution in [3.63, 3.8) is 0 Å². The first-order chi connectivity index (χ1) is 8.11. The molecule has 0 aliphatic rings. The van der Waals surface area contributed by atoms with Gasteiger partial charge in [-0.2, -0.15) is 0 Å². The van der Waals surface area contributed by atoms with Gasteiger partial charge in [0, 0.05) is 31.7 Å². The van der Waals surface area contributed by atoms with Crippen LogP contribution >= 0.6 is 0 Å². The molecule has 0 bridgehead atoms. The van der Waals surface area contributed by atoms with Crippen LogP contribution in [0.3, 0.4) is 0 Å². The predicted octanol–water partition coefficient (Wildman–Crippen LogP) is 2.29. The number of anilines is 1. The van der Waals surface area contributed by atoms with Crippen LogP contribution in [0.1, 0.15) is 20.3 Å². The van der Waals surface area contributed by atoms with Crippen LogP contribution < -0.4 is 10.2 Å². The highest BCUT2D eigenvalue weighted by atomic mass is 16.1. The number of amides is 1. The lowest BCUT2D eigenvalue weighted by molar-refractivity contribution is -0.123. The van der Waals surface area contributed by atoms with Crippen molar-refractivity contribution >= 4 is 11.6 Å². The summed E-state index contributed by atoms with van der Waals surface area (Å²) in [6, 6.07) is 10.3. The van der Waals surface area contributed by atoms with Crippen LogP contribution in [0, 0.1) is 5.92 Å². The van der Waals surface area contributed by atoms with E-state index in [0.717, 1.165) is 19.5 Å². The molecule has 3 nitrogen and oxygen atoms in total. The Kier molecular flexibility index (Phi) is 5.53. The number of para-hydroxylation sites is 1. The molecule has 1 aromatic rings. The van der Waals surface area contributed by atoms with E-state index in [1.165, 1.54) is 5.69 Å². The highest BCUT2D eigenvalue weighted by Crippen LogP contribution is 2.10. The number of rotatable bonds is 6. The summed E-state index contributed by atoms with van der Waals surface area (Å²) in [5, 5.41) is 2.92. The Bertz CT molecular complexity index is 335. The highest BCUT2D eigenvalue weighted by molar-refractivity contribution is 5.77. The molecule has 1 amide bonds. The van der Waals surface area contributed by atoms with Gasteiger partial charge < -0.3 is 10.2 Å². The summed E-state index contributed by atoms with van der Waals surface area (Å²) in [7, 11) is 2.07. The Morgan fingerprint density at radius 3 is 2.53 bits per heavy atom. The lowest BCUT2D eigenvalue weighted by Crippen LogP contribution is -2.30. The van der Waals surface area contributed by atoms with Crippen molar-refractivity contribution < 1.29 is 4.79 Å². The molecule has 0 aromatic heterocycles. The molecule has 0 fully saturated rings. The first kappa shape index (κ1) is 13.6. The molecular weight excluding hydrogens is 212 g/mol. The monoisotopic (exact) mass is 234 g/mol. The zero-order valence-electron chi connectivity index (χ0n) is 10.9. The standard InChI is InChI=1S/C14H22N2O/c1-12(2)14(17)15-10-7-11-16(3)13-8-5-4-6-9-13/h4-6,8-9,12H,7,10-11H2,1-3H3,(H,15,17). The molecule has 0 aliphatic heterocycles. The van der Waals surface area contributed by atoms with Crippen molar-refractivity contribution in [3.8, 4) is 0 Å². The van der Waals surface area contributed by atoms with E-state index in [-0.39, 0.29) is 11.8 Å². The van der Waals surface area contributed by atoms with Crippen LogP contribution in [0.5, 0.6) is 0 Å². The van der Waals surface area contributed by atoms with Gasteiger partial charge in [0.1, 0.15) is 0 Å². The van der Waals surface area contributed by atoms with Crippen molar-refractivity contribution in [2.24, 2.45) is 5.92 Å². The Hall–Kier alpha value is -1.51. The van der Waals surface area contributed by atoms with E-state index in [1.807, 2.05) is 32.0 Å². The smallest absolute Gasteiger partial charge is 0.222 e. The average Bonchev–Trinajstić information content (AvgIpc) is 2.35. The van der Waals surface area contributed by atoms with Gasteiger partial charge >= 0.3 is 0 Å². The van der Waals surface area contributed by atoms with Gasteiger partial charge in [-0.05, 0) is 18.6 Å². The number of benzene rings is 1. The number of hydrogen-bond donors (Lipinski definition) is 1. The van der Waals surface area contributed by atoms with Crippen molar-refractivity contribution in [1.82, 2.24) is 5.32 Å². The molecule has 0 saturated carbocycles. The van der Waals surface area contributed by atoms with E-state index < -0.39 is 0 Å². The van der Waals surface area contributed by atoms with Crippen molar-refractivity contribution in [2.45, 2.75) is 20.3 Å². The summed E-state index contributed by atoms with van der Waals surface area (Å²) < 4.78 is 0. The van der Waals surface area contributed by atoms with Gasteiger partial charge in [0.05, 0.1) is 0 Å². The van der Waals surface area contributed by atoms with E-state index in [9.17, 15) is 4.79 Å². The molecule has 1 rings (SSSR count). The molecule has 0 atom stereocenters. The maximum atomic E-state index is 11.3. The Balaban J connectivity index is 2.21. The summed E-state index contributed by atoms with van der Waals surface area (Å²) in [4.78, 5) is 13.5. The number of carbonyl (C=O) groups excluding carboxylic acids is 1. The van der Waals surface area contributed by atoms with Crippen LogP contribution in [-0.2, 0) is 4.79 Å². The maximum absolute atomic E-state index is 11.3. The van der Waals surface area contributed by atoms with Gasteiger partial charge in [-0.1, -0.05) is 32.0 Å². The van der Waals surface area contributed by atoms with Crippen LogP contribution in [0.2, 0.25) is 0 Å². The quantitative estimate of drug-likeness (QED) is 0.766. The summed E-state index contributed by atoms with van der Waals surface area (Å²) in [5.41, 5.74) is 1.21. The number of carbonyl (C=O) groups is 1. The minimum Gasteiger partial charge on any atom is -0.375 e. The van der Waals surface area contributed by atoms with Crippen LogP contribution in [-0.4, -0.2) is 26.0 Å². The fourth-order valence-electron chi connectivity index (χ4n) is 1.54. The zero-order chi connectivity index (χ0) is 12.7. The largest absolute Gasteiger partial charge is 0.375 e. The molecule has 1 N–H and O–H groups in total. The van der Waals surface area contributed by atoms with Gasteiger partial charge in [-0.25, -0.2) is 0 Å². The molecule has 0 spiro atoms. The molecule has 0 unspecified atom stereocenters. The third kappa shape index (κ3) is 4.89. The Morgan fingerprint density at radius 1 is 1.29 bits per heavy atom. The van der Waals surface area contributed by atoms with Crippen molar-refractivity contribution in [2.75, 3.05) is 25.0 Å². The third-order valence-corrected chi connectivity index (χ3v) is 2.69. The topological polar surface area (TPSA) is 32.3 Å². The fraction of sp³-hybridized carbons (Fsp3) is 0.500. The second kappa shape index (κ2) is 6.94. The number of nitrogens with one attached hydrogen (secondary N) is 1. The maximum Gasteiger partial charge on any atom is 0.222 e. The van der Waals surface area contributed by atoms with E-state index in [4.69, 9.17) is 0 Å². The van der Waals surface area contributed by atoms with Gasteiger partial charge in [0.25, 0.3) is 0 Å². The average molecular weight is 234 g/mol. The highest BCUT2D eigenvalue weighted by Gasteiger charge is 2.05. The predicted molar refractivity (Wildman–Crippen MR) is 72.2 cm³/mol. The molecule has 94 valence electrons. The van der Waals surface area contributed by atoms with Crippen molar-refractivity contribution in [3.05, 3.63) is 30.3 Å². The summed E-state index contributed by atoms with van der Waals surface area (Å²) in [5.74, 6) is 0.203. The van der Waals surface area contributed by atoms with Gasteiger partial charge in [-0.3, -0.25) is 4.79 Å². The fourth-order valence-corrected chi connectivity index (χ4v) is 1.54. The third-order valence-electron chi connectivity index (χ3n) is 2.69. The normalized spacial score (nSPS) is 10.4. The second-order valence-electron chi connectivity index (χ2n) is 4.56. The van der Waals surface area contributed by atoms with Gasteiger partial charge in [0.15, 0.2) is 0 Å². The molecule has 1 aromatic carbocycles. The van der Waals surface area contributed by atoms with Gasteiger partial charge in [-0.15, -0.1) is 0 Å². The summed E-state index contributed by atoms with van der Waals surface area (Å²) in [6.45, 7) is 5.51. The SMILES string of the molecule is CC(C)C(=O)NCCCN(C)c1ccccc1. The molecule has 0 heterocycles. The first-order valence-electron chi connectivity index (χ1n) is 6.15. The first-order valence-corrected chi connectivity index (χ1v) is 6.15. The summed E-state index contributed by atoms with van der Waals surface area (Å²) in [6.07, 6.45) is 0.962. The van der Waals surface area contributed by atoms with Crippen molar-refractivity contribution in [1.29, 1.82) is 0 Å². The van der Waals surface area contributed by atoms with E-state index in [0.29, 0.717) is 0 Å². The van der Waals surface area contributed by atoms with Gasteiger partial charge in [0.2, 0.25) is 5.91 Å². The Labute approximate surface area is 104 Å². The second-order valence-corrected chi connectivity index (χ2v) is 4.56. The molecule has 0 saturated heterocycles. The molecule has 3 heteroatoms. The lowest BCUT2D eigenvalue weighted by atomic mass is 10.2. The molecule has 17 heavy (non-hydrogen) atoms. The van der Waals surface area contributed by atoms with E-state index in [2.05, 4.69) is 29.4 Å². The van der Waals surface area contributed by atoms with Crippen LogP contribution in [0.15, 0.2) is 30.3 Å². The van der Waals surface area contributed by atoms with Crippen LogP contribution in [0.4, 0.5) is 5.69 Å².